The van der Waals surface area contributed by atoms with Gasteiger partial charge in [0.1, 0.15) is 0 Å². The van der Waals surface area contributed by atoms with E-state index in [-0.39, 0.29) is 11.5 Å². The van der Waals surface area contributed by atoms with Crippen molar-refractivity contribution in [3.05, 3.63) is 21.4 Å². The largest absolute Gasteiger partial charge is 0.490 e. The zero-order valence-corrected chi connectivity index (χ0v) is 18.7. The first-order valence-electron chi connectivity index (χ1n) is 10.6. The van der Waals surface area contributed by atoms with Crippen molar-refractivity contribution in [3.63, 3.8) is 0 Å². The van der Waals surface area contributed by atoms with Crippen molar-refractivity contribution in [2.24, 2.45) is 0 Å². The number of thiophene rings is 1. The fourth-order valence-electron chi connectivity index (χ4n) is 4.56. The van der Waals surface area contributed by atoms with E-state index in [1.54, 1.807) is 11.3 Å². The van der Waals surface area contributed by atoms with Crippen LogP contribution in [-0.2, 0) is 9.53 Å². The third-order valence-corrected chi connectivity index (χ3v) is 7.49. The molecule has 6 nitrogen and oxygen atoms in total. The predicted molar refractivity (Wildman–Crippen MR) is 111 cm³/mol. The third kappa shape index (κ3) is 5.78. The lowest BCUT2D eigenvalue weighted by Gasteiger charge is -2.41. The van der Waals surface area contributed by atoms with Gasteiger partial charge in [0.2, 0.25) is 0 Å². The van der Waals surface area contributed by atoms with Crippen molar-refractivity contribution in [2.45, 2.75) is 63.8 Å². The molecule has 3 aliphatic heterocycles. The monoisotopic (exact) mass is 462 g/mol. The molecular formula is C21H29F3N2O4S. The third-order valence-electron chi connectivity index (χ3n) is 6.35. The number of amides is 1. The molecule has 174 valence electrons. The Bertz CT molecular complexity index is 788. The Labute approximate surface area is 184 Å². The van der Waals surface area contributed by atoms with E-state index in [1.165, 1.54) is 36.4 Å². The average Bonchev–Trinajstić information content (AvgIpc) is 3.43. The van der Waals surface area contributed by atoms with Gasteiger partial charge in [0.15, 0.2) is 0 Å². The summed E-state index contributed by atoms with van der Waals surface area (Å²) in [6, 6.07) is 2.70. The molecule has 2 atom stereocenters. The Hall–Kier alpha value is -1.65. The number of aryl methyl sites for hydroxylation is 2. The molecule has 0 aromatic carbocycles. The van der Waals surface area contributed by atoms with E-state index in [0.717, 1.165) is 43.8 Å². The summed E-state index contributed by atoms with van der Waals surface area (Å²) in [4.78, 5) is 28.5. The second-order valence-corrected chi connectivity index (χ2v) is 9.81. The van der Waals surface area contributed by atoms with E-state index in [4.69, 9.17) is 14.6 Å². The van der Waals surface area contributed by atoms with Gasteiger partial charge in [-0.05, 0) is 70.7 Å². The summed E-state index contributed by atoms with van der Waals surface area (Å²) in [5, 5.41) is 7.12. The van der Waals surface area contributed by atoms with Crippen LogP contribution in [0.5, 0.6) is 0 Å². The summed E-state index contributed by atoms with van der Waals surface area (Å²) in [5.74, 6) is -2.56. The first-order valence-corrected chi connectivity index (χ1v) is 11.4. The fourth-order valence-corrected chi connectivity index (χ4v) is 5.56. The van der Waals surface area contributed by atoms with Crippen molar-refractivity contribution in [2.75, 3.05) is 32.8 Å². The number of hydrogen-bond donors (Lipinski definition) is 1. The van der Waals surface area contributed by atoms with Gasteiger partial charge in [-0.25, -0.2) is 4.79 Å². The molecule has 4 rings (SSSR count). The number of aliphatic carboxylic acids is 1. The Balaban J connectivity index is 0.000000339. The number of carboxylic acid groups (broad SMARTS) is 1. The van der Waals surface area contributed by atoms with Crippen LogP contribution >= 0.6 is 11.3 Å². The Morgan fingerprint density at radius 2 is 1.87 bits per heavy atom. The molecular weight excluding hydrogens is 433 g/mol. The quantitative estimate of drug-likeness (QED) is 0.723. The van der Waals surface area contributed by atoms with Gasteiger partial charge >= 0.3 is 12.1 Å². The van der Waals surface area contributed by atoms with Crippen LogP contribution in [0.15, 0.2) is 6.07 Å². The topological polar surface area (TPSA) is 70.1 Å². The number of carboxylic acids is 1. The normalized spacial score (nSPS) is 26.7. The first-order chi connectivity index (χ1) is 14.5. The summed E-state index contributed by atoms with van der Waals surface area (Å²) in [5.41, 5.74) is 1.13. The van der Waals surface area contributed by atoms with Crippen LogP contribution in [0.3, 0.4) is 0 Å². The number of alkyl halides is 3. The van der Waals surface area contributed by atoms with Crippen molar-refractivity contribution < 1.29 is 32.6 Å². The zero-order valence-electron chi connectivity index (χ0n) is 17.8. The molecule has 31 heavy (non-hydrogen) atoms. The maximum absolute atomic E-state index is 12.8. The molecule has 1 aromatic heterocycles. The molecule has 10 heteroatoms. The molecule has 0 saturated carbocycles. The van der Waals surface area contributed by atoms with E-state index in [0.29, 0.717) is 6.04 Å². The Morgan fingerprint density at radius 3 is 2.42 bits per heavy atom. The highest BCUT2D eigenvalue weighted by molar-refractivity contribution is 7.14. The highest BCUT2D eigenvalue weighted by atomic mass is 32.1. The van der Waals surface area contributed by atoms with Crippen LogP contribution in [-0.4, -0.2) is 77.4 Å². The number of likely N-dealkylation sites (tertiary alicyclic amines) is 2. The minimum atomic E-state index is -5.08. The van der Waals surface area contributed by atoms with Crippen LogP contribution in [0, 0.1) is 13.8 Å². The van der Waals surface area contributed by atoms with Gasteiger partial charge in [-0.15, -0.1) is 11.3 Å². The number of halogens is 3. The molecule has 4 heterocycles. The molecule has 3 fully saturated rings. The standard InChI is InChI=1S/C19H28N2O2S.C2HF3O2/c1-14-11-17(24-15(14)2)18(22)21-9-6-19(13-21)12-16(5-10-23-19)20-7-3-4-8-20;3-2(4,5)1(6)7/h11,16H,3-10,12-13H2,1-2H3;(H,6,7)/t16-,19+;/m0./s1. The molecule has 3 saturated heterocycles. The number of rotatable bonds is 2. The maximum Gasteiger partial charge on any atom is 0.490 e. The number of carbonyl (C=O) groups excluding carboxylic acids is 1. The summed E-state index contributed by atoms with van der Waals surface area (Å²) in [6.07, 6.45) is 0.836. The van der Waals surface area contributed by atoms with E-state index in [2.05, 4.69) is 18.7 Å². The minimum Gasteiger partial charge on any atom is -0.475 e. The number of ether oxygens (including phenoxy) is 1. The van der Waals surface area contributed by atoms with Crippen LogP contribution < -0.4 is 0 Å². The molecule has 1 aromatic rings. The first kappa shape index (κ1) is 24.0. The van der Waals surface area contributed by atoms with Gasteiger partial charge in [0.05, 0.1) is 17.0 Å². The van der Waals surface area contributed by atoms with Gasteiger partial charge in [-0.3, -0.25) is 4.79 Å². The van der Waals surface area contributed by atoms with Gasteiger partial charge < -0.3 is 19.6 Å². The molecule has 1 N–H and O–H groups in total. The van der Waals surface area contributed by atoms with E-state index < -0.39 is 12.1 Å². The number of nitrogens with zero attached hydrogens (tertiary/aromatic N) is 2. The van der Waals surface area contributed by atoms with Crippen molar-refractivity contribution in [1.29, 1.82) is 0 Å². The van der Waals surface area contributed by atoms with Crippen molar-refractivity contribution in [3.8, 4) is 0 Å². The number of carbonyl (C=O) groups is 2. The summed E-state index contributed by atoms with van der Waals surface area (Å²) >= 11 is 1.63. The smallest absolute Gasteiger partial charge is 0.475 e. The second kappa shape index (κ2) is 9.46. The molecule has 0 bridgehead atoms. The summed E-state index contributed by atoms with van der Waals surface area (Å²) in [6.45, 7) is 9.12. The molecule has 1 amide bonds. The van der Waals surface area contributed by atoms with Crippen molar-refractivity contribution >= 4 is 23.2 Å². The van der Waals surface area contributed by atoms with Crippen LogP contribution in [0.1, 0.15) is 52.2 Å². The minimum absolute atomic E-state index is 0.0947. The average molecular weight is 463 g/mol. The molecule has 0 unspecified atom stereocenters. The molecule has 0 radical (unpaired) electrons. The van der Waals surface area contributed by atoms with Crippen LogP contribution in [0.25, 0.3) is 0 Å². The van der Waals surface area contributed by atoms with E-state index in [1.807, 2.05) is 11.0 Å². The Morgan fingerprint density at radius 1 is 1.23 bits per heavy atom. The lowest BCUT2D eigenvalue weighted by Crippen LogP contribution is -2.49. The van der Waals surface area contributed by atoms with Gasteiger partial charge in [-0.2, -0.15) is 13.2 Å². The van der Waals surface area contributed by atoms with Gasteiger partial charge in [-0.1, -0.05) is 0 Å². The highest BCUT2D eigenvalue weighted by Crippen LogP contribution is 2.37. The zero-order chi connectivity index (χ0) is 22.8. The SMILES string of the molecule is Cc1cc(C(=O)N2CC[C@@]3(C[C@@H](N4CCCC4)CCO3)C2)sc1C.O=C(O)C(F)(F)F. The Kier molecular flexibility index (Phi) is 7.32. The molecule has 1 spiro atoms. The lowest BCUT2D eigenvalue weighted by molar-refractivity contribution is -0.192. The number of hydrogen-bond acceptors (Lipinski definition) is 5. The van der Waals surface area contributed by atoms with E-state index >= 15 is 0 Å². The molecule has 0 aliphatic carbocycles. The second-order valence-electron chi connectivity index (χ2n) is 8.55. The van der Waals surface area contributed by atoms with Gasteiger partial charge in [0, 0.05) is 24.1 Å². The van der Waals surface area contributed by atoms with E-state index in [9.17, 15) is 18.0 Å². The summed E-state index contributed by atoms with van der Waals surface area (Å²) in [7, 11) is 0. The maximum atomic E-state index is 12.8. The lowest BCUT2D eigenvalue weighted by atomic mass is 9.89. The van der Waals surface area contributed by atoms with Gasteiger partial charge in [0.25, 0.3) is 5.91 Å². The predicted octanol–water partition coefficient (Wildman–Crippen LogP) is 3.86. The van der Waals surface area contributed by atoms with Crippen LogP contribution in [0.2, 0.25) is 0 Å². The van der Waals surface area contributed by atoms with Crippen LogP contribution in [0.4, 0.5) is 13.2 Å². The fraction of sp³-hybridized carbons (Fsp3) is 0.714. The van der Waals surface area contributed by atoms with Crippen molar-refractivity contribution in [1.82, 2.24) is 9.80 Å². The summed E-state index contributed by atoms with van der Waals surface area (Å²) < 4.78 is 38.0. The molecule has 3 aliphatic rings. The highest BCUT2D eigenvalue weighted by Gasteiger charge is 2.46.